The normalized spacial score (nSPS) is 11.5. The van der Waals surface area contributed by atoms with Gasteiger partial charge in [-0.1, -0.05) is 12.1 Å². The van der Waals surface area contributed by atoms with Crippen molar-refractivity contribution in [1.82, 2.24) is 0 Å². The minimum absolute atomic E-state index is 0.117. The molecule has 0 aliphatic rings. The highest BCUT2D eigenvalue weighted by molar-refractivity contribution is 7.97. The van der Waals surface area contributed by atoms with Gasteiger partial charge in [-0.2, -0.15) is 11.8 Å². The maximum atomic E-state index is 12.0. The molecule has 1 nitrogen and oxygen atoms in total. The lowest BCUT2D eigenvalue weighted by atomic mass is 10.1. The molecule has 0 aliphatic heterocycles. The molecule has 0 N–H and O–H groups in total. The predicted octanol–water partition coefficient (Wildman–Crippen LogP) is 3.76. The van der Waals surface area contributed by atoms with Crippen molar-refractivity contribution in [2.45, 2.75) is 19.0 Å². The number of thioether (sulfide) groups is 1. The van der Waals surface area contributed by atoms with Gasteiger partial charge in [0.15, 0.2) is 0 Å². The lowest BCUT2D eigenvalue weighted by molar-refractivity contribution is -0.274. The summed E-state index contributed by atoms with van der Waals surface area (Å²) in [5.74, 6) is 0.565. The molecule has 0 saturated heterocycles. The molecule has 5 heteroatoms. The maximum Gasteiger partial charge on any atom is 0.573 e. The number of rotatable bonds is 3. The van der Waals surface area contributed by atoms with Crippen molar-refractivity contribution < 1.29 is 17.9 Å². The average molecular weight is 236 g/mol. The van der Waals surface area contributed by atoms with Gasteiger partial charge in [0.25, 0.3) is 0 Å². The Morgan fingerprint density at radius 3 is 2.53 bits per heavy atom. The largest absolute Gasteiger partial charge is 0.573 e. The lowest BCUT2D eigenvalue weighted by Crippen LogP contribution is -2.18. The molecule has 15 heavy (non-hydrogen) atoms. The topological polar surface area (TPSA) is 9.23 Å². The summed E-state index contributed by atoms with van der Waals surface area (Å²) in [4.78, 5) is 0. The number of alkyl halides is 3. The Balaban J connectivity index is 2.94. The molecule has 0 fully saturated rings. The highest BCUT2D eigenvalue weighted by atomic mass is 32.2. The molecule has 0 unspecified atom stereocenters. The summed E-state index contributed by atoms with van der Waals surface area (Å²) in [6, 6.07) is 4.70. The maximum absolute atomic E-state index is 12.0. The molecule has 0 spiro atoms. The smallest absolute Gasteiger partial charge is 0.406 e. The standard InChI is InChI=1S/C10H11F3OS/c1-7-8(6-15-2)4-3-5-9(7)14-10(11,12)13/h3-5H,6H2,1-2H3. The molecule has 1 aromatic rings. The summed E-state index contributed by atoms with van der Waals surface area (Å²) in [5.41, 5.74) is 1.41. The van der Waals surface area contributed by atoms with E-state index in [0.717, 1.165) is 5.56 Å². The summed E-state index contributed by atoms with van der Waals surface area (Å²) < 4.78 is 39.9. The highest BCUT2D eigenvalue weighted by Crippen LogP contribution is 2.29. The first-order valence-corrected chi connectivity index (χ1v) is 5.66. The quantitative estimate of drug-likeness (QED) is 0.790. The Labute approximate surface area is 90.6 Å². The van der Waals surface area contributed by atoms with E-state index in [1.165, 1.54) is 6.07 Å². The van der Waals surface area contributed by atoms with Gasteiger partial charge in [0.2, 0.25) is 0 Å². The van der Waals surface area contributed by atoms with Crippen LogP contribution >= 0.6 is 11.8 Å². The second-order valence-electron chi connectivity index (χ2n) is 3.02. The van der Waals surface area contributed by atoms with Crippen LogP contribution in [0, 0.1) is 6.92 Å². The fourth-order valence-electron chi connectivity index (χ4n) is 1.21. The van der Waals surface area contributed by atoms with Gasteiger partial charge in [-0.15, -0.1) is 13.2 Å². The molecular formula is C10H11F3OS. The summed E-state index contributed by atoms with van der Waals surface area (Å²) >= 11 is 1.56. The Bertz CT molecular complexity index is 336. The van der Waals surface area contributed by atoms with Crippen LogP contribution in [0.1, 0.15) is 11.1 Å². The van der Waals surface area contributed by atoms with Crippen molar-refractivity contribution in [1.29, 1.82) is 0 Å². The molecule has 0 atom stereocenters. The fraction of sp³-hybridized carbons (Fsp3) is 0.400. The van der Waals surface area contributed by atoms with Gasteiger partial charge < -0.3 is 4.74 Å². The molecule has 0 amide bonds. The number of ether oxygens (including phenoxy) is 1. The molecule has 84 valence electrons. The first-order valence-electron chi connectivity index (χ1n) is 4.27. The minimum atomic E-state index is -4.62. The third-order valence-electron chi connectivity index (χ3n) is 1.92. The van der Waals surface area contributed by atoms with E-state index < -0.39 is 6.36 Å². The second kappa shape index (κ2) is 4.79. The van der Waals surface area contributed by atoms with E-state index in [9.17, 15) is 13.2 Å². The molecule has 0 bridgehead atoms. The number of halogens is 3. The molecule has 1 rings (SSSR count). The highest BCUT2D eigenvalue weighted by Gasteiger charge is 2.31. The van der Waals surface area contributed by atoms with Gasteiger partial charge in [-0.3, -0.25) is 0 Å². The summed E-state index contributed by atoms with van der Waals surface area (Å²) in [6.07, 6.45) is -2.72. The molecule has 0 radical (unpaired) electrons. The second-order valence-corrected chi connectivity index (χ2v) is 3.89. The van der Waals surface area contributed by atoms with E-state index in [1.807, 2.05) is 6.26 Å². The fourth-order valence-corrected chi connectivity index (χ4v) is 1.83. The van der Waals surface area contributed by atoms with Gasteiger partial charge in [0, 0.05) is 5.75 Å². The Hall–Kier alpha value is -0.840. The first kappa shape index (κ1) is 12.2. The van der Waals surface area contributed by atoms with Crippen LogP contribution < -0.4 is 4.74 Å². The number of hydrogen-bond donors (Lipinski definition) is 0. The molecule has 1 aromatic carbocycles. The van der Waals surface area contributed by atoms with Crippen molar-refractivity contribution in [3.63, 3.8) is 0 Å². The number of hydrogen-bond acceptors (Lipinski definition) is 2. The summed E-state index contributed by atoms with van der Waals surface area (Å²) in [6.45, 7) is 1.63. The van der Waals surface area contributed by atoms with E-state index in [2.05, 4.69) is 4.74 Å². The van der Waals surface area contributed by atoms with Crippen molar-refractivity contribution >= 4 is 11.8 Å². The number of benzene rings is 1. The van der Waals surface area contributed by atoms with Crippen LogP contribution in [0.25, 0.3) is 0 Å². The van der Waals surface area contributed by atoms with E-state index in [1.54, 1.807) is 30.8 Å². The van der Waals surface area contributed by atoms with E-state index in [-0.39, 0.29) is 5.75 Å². The van der Waals surface area contributed by atoms with Crippen LogP contribution in [0.2, 0.25) is 0 Å². The summed E-state index contributed by atoms with van der Waals surface area (Å²) in [7, 11) is 0. The molecule has 0 aliphatic carbocycles. The van der Waals surface area contributed by atoms with E-state index in [4.69, 9.17) is 0 Å². The van der Waals surface area contributed by atoms with Gasteiger partial charge in [0.1, 0.15) is 5.75 Å². The van der Waals surface area contributed by atoms with E-state index >= 15 is 0 Å². The Morgan fingerprint density at radius 2 is 2.00 bits per heavy atom. The average Bonchev–Trinajstić information content (AvgIpc) is 2.10. The zero-order valence-electron chi connectivity index (χ0n) is 8.39. The Kier molecular flexibility index (Phi) is 3.90. The zero-order valence-corrected chi connectivity index (χ0v) is 9.21. The molecule has 0 heterocycles. The predicted molar refractivity (Wildman–Crippen MR) is 55.1 cm³/mol. The van der Waals surface area contributed by atoms with Crippen molar-refractivity contribution in [3.05, 3.63) is 29.3 Å². The first-order chi connectivity index (χ1) is 6.94. The lowest BCUT2D eigenvalue weighted by Gasteiger charge is -2.13. The minimum Gasteiger partial charge on any atom is -0.406 e. The molecule has 0 saturated carbocycles. The van der Waals surface area contributed by atoms with Gasteiger partial charge >= 0.3 is 6.36 Å². The van der Waals surface area contributed by atoms with Gasteiger partial charge in [-0.05, 0) is 30.4 Å². The van der Waals surface area contributed by atoms with Gasteiger partial charge in [-0.25, -0.2) is 0 Å². The van der Waals surface area contributed by atoms with Crippen molar-refractivity contribution in [2.75, 3.05) is 6.26 Å². The van der Waals surface area contributed by atoms with E-state index in [0.29, 0.717) is 11.3 Å². The SMILES string of the molecule is CSCc1cccc(OC(F)(F)F)c1C. The van der Waals surface area contributed by atoms with Crippen molar-refractivity contribution in [3.8, 4) is 5.75 Å². The van der Waals surface area contributed by atoms with Crippen LogP contribution in [0.5, 0.6) is 5.75 Å². The molecule has 0 aromatic heterocycles. The van der Waals surface area contributed by atoms with Crippen LogP contribution in [-0.4, -0.2) is 12.6 Å². The van der Waals surface area contributed by atoms with Crippen molar-refractivity contribution in [2.24, 2.45) is 0 Å². The Morgan fingerprint density at radius 1 is 1.33 bits per heavy atom. The monoisotopic (exact) mass is 236 g/mol. The van der Waals surface area contributed by atoms with Gasteiger partial charge in [0.05, 0.1) is 0 Å². The third-order valence-corrected chi connectivity index (χ3v) is 2.52. The van der Waals surface area contributed by atoms with Crippen LogP contribution in [0.3, 0.4) is 0 Å². The summed E-state index contributed by atoms with van der Waals surface area (Å²) in [5, 5.41) is 0. The van der Waals surface area contributed by atoms with Crippen LogP contribution in [-0.2, 0) is 5.75 Å². The zero-order chi connectivity index (χ0) is 11.5. The molecular weight excluding hydrogens is 225 g/mol. The van der Waals surface area contributed by atoms with Crippen LogP contribution in [0.15, 0.2) is 18.2 Å². The third kappa shape index (κ3) is 3.66. The van der Waals surface area contributed by atoms with Crippen LogP contribution in [0.4, 0.5) is 13.2 Å².